The van der Waals surface area contributed by atoms with Gasteiger partial charge in [-0.1, -0.05) is 43.4 Å². The maximum atomic E-state index is 13.9. The van der Waals surface area contributed by atoms with Crippen LogP contribution in [0.4, 0.5) is 10.8 Å². The van der Waals surface area contributed by atoms with Crippen LogP contribution in [0.3, 0.4) is 0 Å². The quantitative estimate of drug-likeness (QED) is 0.185. The number of likely N-dealkylation sites (N-methyl/N-ethyl adjacent to an activating group) is 1. The number of anilines is 2. The van der Waals surface area contributed by atoms with E-state index in [1.165, 1.54) is 15.6 Å². The largest absolute Gasteiger partial charge is 0.302 e. The number of amides is 1. The minimum Gasteiger partial charge on any atom is -0.302 e. The molecule has 7 nitrogen and oxygen atoms in total. The highest BCUT2D eigenvalue weighted by Crippen LogP contribution is 2.34. The van der Waals surface area contributed by atoms with Crippen molar-refractivity contribution < 1.29 is 13.2 Å². The van der Waals surface area contributed by atoms with Gasteiger partial charge in [0.1, 0.15) is 0 Å². The van der Waals surface area contributed by atoms with Gasteiger partial charge in [-0.2, -0.15) is 0 Å². The second-order valence-electron chi connectivity index (χ2n) is 9.65. The number of hydrogen-bond acceptors (Lipinski definition) is 7. The summed E-state index contributed by atoms with van der Waals surface area (Å²) in [5.74, 6) is -0.191. The number of thioether (sulfide) groups is 1. The molecule has 0 radical (unpaired) electrons. The van der Waals surface area contributed by atoms with Gasteiger partial charge in [-0.15, -0.1) is 24.2 Å². The Bertz CT molecular complexity index is 1610. The first-order valence-electron chi connectivity index (χ1n) is 13.5. The summed E-state index contributed by atoms with van der Waals surface area (Å²) in [4.78, 5) is 24.0. The van der Waals surface area contributed by atoms with Crippen molar-refractivity contribution in [2.24, 2.45) is 0 Å². The first-order valence-corrected chi connectivity index (χ1v) is 17.0. The van der Waals surface area contributed by atoms with Crippen LogP contribution in [0.2, 0.25) is 0 Å². The van der Waals surface area contributed by atoms with E-state index in [-0.39, 0.29) is 23.2 Å². The maximum absolute atomic E-state index is 13.9. The topological polar surface area (TPSA) is 73.8 Å². The molecule has 218 valence electrons. The molecular weight excluding hydrogens is 596 g/mol. The van der Waals surface area contributed by atoms with Gasteiger partial charge in [0.15, 0.2) is 5.13 Å². The molecule has 0 saturated carbocycles. The smallest absolute Gasteiger partial charge is 0.264 e. The van der Waals surface area contributed by atoms with E-state index < -0.39 is 10.0 Å². The molecule has 3 aromatic carbocycles. The lowest BCUT2D eigenvalue weighted by Gasteiger charge is -2.30. The van der Waals surface area contributed by atoms with Gasteiger partial charge in [-0.3, -0.25) is 14.0 Å². The van der Waals surface area contributed by atoms with Crippen molar-refractivity contribution in [1.29, 1.82) is 0 Å². The molecule has 0 N–H and O–H groups in total. The molecule has 0 spiro atoms. The van der Waals surface area contributed by atoms with Crippen LogP contribution in [-0.2, 0) is 16.4 Å². The van der Waals surface area contributed by atoms with Gasteiger partial charge in [0.25, 0.3) is 15.9 Å². The molecule has 0 bridgehead atoms. The van der Waals surface area contributed by atoms with Crippen molar-refractivity contribution in [1.82, 2.24) is 9.88 Å². The van der Waals surface area contributed by atoms with Crippen LogP contribution in [0.1, 0.15) is 36.2 Å². The number of aromatic nitrogens is 1. The summed E-state index contributed by atoms with van der Waals surface area (Å²) >= 11 is 3.18. The summed E-state index contributed by atoms with van der Waals surface area (Å²) < 4.78 is 29.7. The summed E-state index contributed by atoms with van der Waals surface area (Å²) in [5.41, 5.74) is 3.06. The van der Waals surface area contributed by atoms with Crippen LogP contribution in [0.25, 0.3) is 10.2 Å². The molecule has 41 heavy (non-hydrogen) atoms. The zero-order valence-corrected chi connectivity index (χ0v) is 26.7. The second kappa shape index (κ2) is 13.6. The van der Waals surface area contributed by atoms with Crippen LogP contribution in [0.5, 0.6) is 0 Å². The van der Waals surface area contributed by atoms with Gasteiger partial charge in [0.2, 0.25) is 0 Å². The minimum atomic E-state index is -3.75. The average Bonchev–Trinajstić information content (AvgIpc) is 3.41. The van der Waals surface area contributed by atoms with Crippen LogP contribution in [0, 0.1) is 0 Å². The number of aryl methyl sites for hydroxylation is 1. The number of nitrogens with zero attached hydrogens (tertiary/aromatic N) is 4. The molecule has 0 aliphatic carbocycles. The predicted molar refractivity (Wildman–Crippen MR) is 174 cm³/mol. The fourth-order valence-corrected chi connectivity index (χ4v) is 8.09. The van der Waals surface area contributed by atoms with Gasteiger partial charge in [-0.05, 0) is 86.3 Å². The van der Waals surface area contributed by atoms with Crippen molar-refractivity contribution in [3.05, 3.63) is 77.9 Å². The summed E-state index contributed by atoms with van der Waals surface area (Å²) in [6.07, 6.45) is 3.68. The number of carbonyl (C=O) groups excluding carboxylic acids is 1. The third-order valence-electron chi connectivity index (χ3n) is 7.35. The maximum Gasteiger partial charge on any atom is 0.264 e. The molecule has 0 atom stereocenters. The Morgan fingerprint density at radius 2 is 1.76 bits per heavy atom. The zero-order chi connectivity index (χ0) is 28.3. The summed E-state index contributed by atoms with van der Waals surface area (Å²) in [6, 6.07) is 20.1. The number of hydrogen-bond donors (Lipinski definition) is 0. The Labute approximate surface area is 257 Å². The Balaban J connectivity index is 0.00000387. The molecule has 1 amide bonds. The van der Waals surface area contributed by atoms with Crippen LogP contribution >= 0.6 is 35.5 Å². The number of sulfonamides is 1. The lowest BCUT2D eigenvalue weighted by atomic mass is 10.0. The molecule has 0 fully saturated rings. The number of fused-ring (bicyclic) bond motifs is 2. The zero-order valence-electron chi connectivity index (χ0n) is 23.4. The van der Waals surface area contributed by atoms with Gasteiger partial charge in [0.05, 0.1) is 20.8 Å². The Morgan fingerprint density at radius 1 is 1.02 bits per heavy atom. The van der Waals surface area contributed by atoms with E-state index in [1.807, 2.05) is 42.7 Å². The molecule has 1 aliphatic rings. The third kappa shape index (κ3) is 6.57. The monoisotopic (exact) mass is 630 g/mol. The molecule has 1 aliphatic heterocycles. The van der Waals surface area contributed by atoms with Crippen molar-refractivity contribution in [2.75, 3.05) is 48.2 Å². The van der Waals surface area contributed by atoms with E-state index in [0.717, 1.165) is 52.3 Å². The van der Waals surface area contributed by atoms with E-state index in [0.29, 0.717) is 30.3 Å². The molecule has 1 aromatic heterocycles. The standard InChI is InChI=1S/C30H34N4O3S3.ClH/c1-4-32(5-2)19-20-33(30-31-26-17-14-24(38-3)21-28(26)39-30)29(35)23-12-15-25(16-13-23)40(36,37)34-18-8-10-22-9-6-7-11-27(22)34;/h6-7,9,11-17,21H,4-5,8,10,18-20H2,1-3H3;1H. The molecular formula is C30H35ClN4O3S3. The SMILES string of the molecule is CCN(CC)CCN(C(=O)c1ccc(S(=O)(=O)N2CCCc3ccccc32)cc1)c1nc2ccc(SC)cc2s1.Cl. The van der Waals surface area contributed by atoms with Crippen LogP contribution in [-0.4, -0.2) is 63.2 Å². The highest BCUT2D eigenvalue weighted by atomic mass is 35.5. The number of halogens is 1. The lowest BCUT2D eigenvalue weighted by Crippen LogP contribution is -2.39. The number of thiazole rings is 1. The van der Waals surface area contributed by atoms with E-state index in [2.05, 4.69) is 24.8 Å². The summed E-state index contributed by atoms with van der Waals surface area (Å²) in [5, 5.41) is 0.645. The van der Waals surface area contributed by atoms with E-state index in [4.69, 9.17) is 4.98 Å². The van der Waals surface area contributed by atoms with Crippen LogP contribution < -0.4 is 9.21 Å². The Kier molecular flexibility index (Phi) is 10.4. The Morgan fingerprint density at radius 3 is 2.46 bits per heavy atom. The third-order valence-corrected chi connectivity index (χ3v) is 10.9. The number of benzene rings is 3. The fraction of sp³-hybridized carbons (Fsp3) is 0.333. The number of para-hydroxylation sites is 1. The molecule has 0 saturated heterocycles. The van der Waals surface area contributed by atoms with E-state index >= 15 is 0 Å². The van der Waals surface area contributed by atoms with Crippen molar-refractivity contribution >= 4 is 72.5 Å². The molecule has 5 rings (SSSR count). The molecule has 2 heterocycles. The molecule has 4 aromatic rings. The number of carbonyl (C=O) groups is 1. The molecule has 0 unspecified atom stereocenters. The van der Waals surface area contributed by atoms with Gasteiger partial charge in [-0.25, -0.2) is 13.4 Å². The summed E-state index contributed by atoms with van der Waals surface area (Å²) in [7, 11) is -3.75. The summed E-state index contributed by atoms with van der Waals surface area (Å²) in [6.45, 7) is 7.64. The van der Waals surface area contributed by atoms with E-state index in [9.17, 15) is 13.2 Å². The van der Waals surface area contributed by atoms with Gasteiger partial charge < -0.3 is 4.90 Å². The first-order chi connectivity index (χ1) is 19.3. The minimum absolute atomic E-state index is 0. The van der Waals surface area contributed by atoms with Gasteiger partial charge >= 0.3 is 0 Å². The highest BCUT2D eigenvalue weighted by Gasteiger charge is 2.29. The van der Waals surface area contributed by atoms with Crippen molar-refractivity contribution in [3.63, 3.8) is 0 Å². The first kappa shape index (κ1) is 31.3. The van der Waals surface area contributed by atoms with E-state index in [1.54, 1.807) is 40.9 Å². The predicted octanol–water partition coefficient (Wildman–Crippen LogP) is 6.57. The number of rotatable bonds is 10. The van der Waals surface area contributed by atoms with Crippen molar-refractivity contribution in [3.8, 4) is 0 Å². The van der Waals surface area contributed by atoms with Crippen molar-refractivity contribution in [2.45, 2.75) is 36.5 Å². The lowest BCUT2D eigenvalue weighted by molar-refractivity contribution is 0.0983. The fourth-order valence-electron chi connectivity index (χ4n) is 5.00. The Hall–Kier alpha value is -2.63. The molecule has 11 heteroatoms. The average molecular weight is 631 g/mol. The van der Waals surface area contributed by atoms with Gasteiger partial charge in [0, 0.05) is 30.1 Å². The second-order valence-corrected chi connectivity index (χ2v) is 13.4. The highest BCUT2D eigenvalue weighted by molar-refractivity contribution is 7.98. The van der Waals surface area contributed by atoms with Crippen LogP contribution in [0.15, 0.2) is 76.5 Å². The normalized spacial score (nSPS) is 13.2.